The number of hydrogen-bond donors (Lipinski definition) is 0. The number of ketones is 1. The van der Waals surface area contributed by atoms with Gasteiger partial charge in [0.15, 0.2) is 28.8 Å². The Morgan fingerprint density at radius 2 is 1.79 bits per heavy atom. The van der Waals surface area contributed by atoms with Crippen LogP contribution in [0.4, 0.5) is 0 Å². The molecule has 1 aliphatic carbocycles. The number of aromatic nitrogens is 4. The summed E-state index contributed by atoms with van der Waals surface area (Å²) in [7, 11) is 3.19. The molecule has 42 heavy (non-hydrogen) atoms. The highest BCUT2D eigenvalue weighted by Gasteiger charge is 2.44. The Hall–Kier alpha value is -4.92. The number of carbonyl (C=O) groups is 1. The number of methoxy groups -OCH3 is 2. The predicted molar refractivity (Wildman–Crippen MR) is 156 cm³/mol. The molecule has 0 amide bonds. The zero-order valence-corrected chi connectivity index (χ0v) is 23.9. The van der Waals surface area contributed by atoms with Crippen LogP contribution in [-0.2, 0) is 11.4 Å². The first-order valence-electron chi connectivity index (χ1n) is 13.9. The third-order valence-electron chi connectivity index (χ3n) is 7.95. The van der Waals surface area contributed by atoms with Gasteiger partial charge in [-0.1, -0.05) is 56.3 Å². The summed E-state index contributed by atoms with van der Waals surface area (Å²) in [5, 5.41) is 6.78. The SMILES string of the molecule is COc1ccc([C@@H]2C3=C(CC(C)(C)CC3=O)Oc3ncn4nc(COc5cccc6ccccc56)nc4c32)cc1OC. The highest BCUT2D eigenvalue weighted by Crippen LogP contribution is 2.51. The first-order chi connectivity index (χ1) is 20.3. The third-order valence-corrected chi connectivity index (χ3v) is 7.95. The minimum atomic E-state index is -0.473. The van der Waals surface area contributed by atoms with Crippen LogP contribution in [0.25, 0.3) is 16.4 Å². The fourth-order valence-electron chi connectivity index (χ4n) is 6.08. The molecule has 0 bridgehead atoms. The van der Waals surface area contributed by atoms with E-state index in [0.29, 0.717) is 58.6 Å². The molecule has 0 N–H and O–H groups in total. The van der Waals surface area contributed by atoms with Gasteiger partial charge in [-0.3, -0.25) is 4.79 Å². The van der Waals surface area contributed by atoms with Crippen LogP contribution < -0.4 is 18.9 Å². The van der Waals surface area contributed by atoms with Crippen LogP contribution in [0.5, 0.6) is 23.1 Å². The fourth-order valence-corrected chi connectivity index (χ4v) is 6.08. The number of allylic oxidation sites excluding steroid dienone is 2. The number of fused-ring (bicyclic) bond motifs is 4. The number of nitrogens with zero attached hydrogens (tertiary/aromatic N) is 4. The van der Waals surface area contributed by atoms with E-state index in [4.69, 9.17) is 23.9 Å². The molecule has 0 fully saturated rings. The lowest BCUT2D eigenvalue weighted by molar-refractivity contribution is -0.118. The average Bonchev–Trinajstić information content (AvgIpc) is 3.41. The topological polar surface area (TPSA) is 97.1 Å². The zero-order chi connectivity index (χ0) is 29.0. The van der Waals surface area contributed by atoms with E-state index >= 15 is 0 Å². The lowest BCUT2D eigenvalue weighted by atomic mass is 9.70. The molecule has 0 saturated heterocycles. The number of Topliss-reactive ketones (excluding diaryl/α,β-unsaturated/α-hetero) is 1. The summed E-state index contributed by atoms with van der Waals surface area (Å²) >= 11 is 0. The molecule has 5 aromatic rings. The van der Waals surface area contributed by atoms with Gasteiger partial charge in [0, 0.05) is 23.8 Å². The molecule has 0 saturated carbocycles. The molecular weight excluding hydrogens is 532 g/mol. The van der Waals surface area contributed by atoms with E-state index in [0.717, 1.165) is 22.1 Å². The Labute approximate surface area is 242 Å². The van der Waals surface area contributed by atoms with Crippen molar-refractivity contribution in [2.24, 2.45) is 5.41 Å². The van der Waals surface area contributed by atoms with Gasteiger partial charge >= 0.3 is 0 Å². The number of benzene rings is 3. The first kappa shape index (κ1) is 26.0. The molecule has 3 heterocycles. The predicted octanol–water partition coefficient (Wildman–Crippen LogP) is 6.04. The van der Waals surface area contributed by atoms with Gasteiger partial charge in [-0.15, -0.1) is 5.10 Å². The van der Waals surface area contributed by atoms with E-state index in [2.05, 4.69) is 23.9 Å². The minimum absolute atomic E-state index is 0.0488. The summed E-state index contributed by atoms with van der Waals surface area (Å²) in [5.74, 6) is 3.06. The Balaban J connectivity index is 1.34. The van der Waals surface area contributed by atoms with E-state index in [1.54, 1.807) is 25.1 Å². The van der Waals surface area contributed by atoms with Crippen LogP contribution in [-0.4, -0.2) is 39.6 Å². The van der Waals surface area contributed by atoms with Crippen LogP contribution in [0.15, 0.2) is 78.3 Å². The standard InChI is InChI=1S/C33H30N4O5/c1-33(2)15-22(38)29-26(16-33)42-32-30(28(29)20-12-13-24(39-3)25(14-20)40-4)31-35-27(36-37(31)18-34-32)17-41-23-11-7-9-19-8-5-6-10-21(19)23/h5-14,18,28H,15-17H2,1-4H3/t28-/m1/s1. The highest BCUT2D eigenvalue weighted by molar-refractivity contribution is 6.00. The maximum Gasteiger partial charge on any atom is 0.228 e. The van der Waals surface area contributed by atoms with E-state index in [1.165, 1.54) is 0 Å². The van der Waals surface area contributed by atoms with Crippen molar-refractivity contribution in [2.75, 3.05) is 14.2 Å². The Morgan fingerprint density at radius 3 is 2.62 bits per heavy atom. The van der Waals surface area contributed by atoms with E-state index < -0.39 is 5.92 Å². The third kappa shape index (κ3) is 4.32. The molecule has 2 aliphatic rings. The van der Waals surface area contributed by atoms with Crippen molar-refractivity contribution in [1.29, 1.82) is 0 Å². The number of ether oxygens (including phenoxy) is 4. The van der Waals surface area contributed by atoms with Gasteiger partial charge in [0.25, 0.3) is 0 Å². The molecule has 1 aliphatic heterocycles. The lowest BCUT2D eigenvalue weighted by Crippen LogP contribution is -2.33. The van der Waals surface area contributed by atoms with E-state index in [1.807, 2.05) is 60.7 Å². The van der Waals surface area contributed by atoms with Crippen molar-refractivity contribution >= 4 is 22.2 Å². The van der Waals surface area contributed by atoms with Crippen LogP contribution in [0.1, 0.15) is 49.6 Å². The highest BCUT2D eigenvalue weighted by atomic mass is 16.5. The molecule has 0 spiro atoms. The second kappa shape index (κ2) is 9.87. The summed E-state index contributed by atoms with van der Waals surface area (Å²) in [6.45, 7) is 4.32. The Bertz CT molecular complexity index is 1900. The summed E-state index contributed by atoms with van der Waals surface area (Å²) in [6.07, 6.45) is 2.64. The Morgan fingerprint density at radius 1 is 0.976 bits per heavy atom. The maximum absolute atomic E-state index is 13.7. The van der Waals surface area contributed by atoms with Crippen molar-refractivity contribution < 1.29 is 23.7 Å². The molecule has 9 heteroatoms. The molecule has 2 aromatic heterocycles. The van der Waals surface area contributed by atoms with Crippen molar-refractivity contribution in [1.82, 2.24) is 19.6 Å². The van der Waals surface area contributed by atoms with Crippen LogP contribution in [0.2, 0.25) is 0 Å². The molecule has 7 rings (SSSR count). The normalized spacial score (nSPS) is 17.5. The zero-order valence-electron chi connectivity index (χ0n) is 23.9. The molecule has 9 nitrogen and oxygen atoms in total. The van der Waals surface area contributed by atoms with Gasteiger partial charge in [-0.25, -0.2) is 14.5 Å². The minimum Gasteiger partial charge on any atom is -0.493 e. The summed E-state index contributed by atoms with van der Waals surface area (Å²) in [4.78, 5) is 23.3. The van der Waals surface area contributed by atoms with Crippen LogP contribution in [0, 0.1) is 5.41 Å². The summed E-state index contributed by atoms with van der Waals surface area (Å²) in [5.41, 5.74) is 2.49. The monoisotopic (exact) mass is 562 g/mol. The maximum atomic E-state index is 13.7. The van der Waals surface area contributed by atoms with Crippen molar-refractivity contribution in [3.05, 3.63) is 95.3 Å². The summed E-state index contributed by atoms with van der Waals surface area (Å²) in [6, 6.07) is 19.7. The van der Waals surface area contributed by atoms with E-state index in [-0.39, 0.29) is 17.8 Å². The van der Waals surface area contributed by atoms with Gasteiger partial charge in [0.2, 0.25) is 5.88 Å². The molecule has 0 radical (unpaired) electrons. The number of rotatable bonds is 6. The van der Waals surface area contributed by atoms with Crippen molar-refractivity contribution in [3.63, 3.8) is 0 Å². The van der Waals surface area contributed by atoms with Gasteiger partial charge < -0.3 is 18.9 Å². The van der Waals surface area contributed by atoms with Crippen molar-refractivity contribution in [3.8, 4) is 23.1 Å². The molecule has 1 atom stereocenters. The average molecular weight is 563 g/mol. The smallest absolute Gasteiger partial charge is 0.228 e. The second-order valence-corrected chi connectivity index (χ2v) is 11.5. The number of carbonyl (C=O) groups excluding carboxylic acids is 1. The van der Waals surface area contributed by atoms with E-state index in [9.17, 15) is 4.79 Å². The molecular formula is C33H30N4O5. The largest absolute Gasteiger partial charge is 0.493 e. The van der Waals surface area contributed by atoms with Gasteiger partial charge in [-0.05, 0) is 34.6 Å². The van der Waals surface area contributed by atoms with Crippen molar-refractivity contribution in [2.45, 2.75) is 39.2 Å². The summed E-state index contributed by atoms with van der Waals surface area (Å²) < 4.78 is 25.3. The lowest BCUT2D eigenvalue weighted by Gasteiger charge is -2.37. The molecule has 0 unspecified atom stereocenters. The van der Waals surface area contributed by atoms with Gasteiger partial charge in [-0.2, -0.15) is 0 Å². The van der Waals surface area contributed by atoms with Gasteiger partial charge in [0.05, 0.1) is 25.7 Å². The second-order valence-electron chi connectivity index (χ2n) is 11.5. The number of hydrogen-bond acceptors (Lipinski definition) is 8. The van der Waals surface area contributed by atoms with Gasteiger partial charge in [0.1, 0.15) is 24.4 Å². The fraction of sp³-hybridized carbons (Fsp3) is 0.273. The van der Waals surface area contributed by atoms with Crippen LogP contribution >= 0.6 is 0 Å². The van der Waals surface area contributed by atoms with Crippen LogP contribution in [0.3, 0.4) is 0 Å². The quantitative estimate of drug-likeness (QED) is 0.247. The first-order valence-corrected chi connectivity index (χ1v) is 13.9. The Kier molecular flexibility index (Phi) is 6.11. The molecule has 212 valence electrons. The molecule has 3 aromatic carbocycles.